The van der Waals surface area contributed by atoms with Crippen LogP contribution in [0.5, 0.6) is 0 Å². The number of rotatable bonds is 2. The molecule has 86 valence electrons. The molecular formula is C12H10N2O3. The van der Waals surface area contributed by atoms with E-state index in [0.29, 0.717) is 11.3 Å². The van der Waals surface area contributed by atoms with E-state index < -0.39 is 6.09 Å². The van der Waals surface area contributed by atoms with Crippen molar-refractivity contribution in [1.82, 2.24) is 4.98 Å². The molecule has 3 N–H and O–H groups in total. The minimum atomic E-state index is -1.12. The fourth-order valence-corrected chi connectivity index (χ4v) is 1.54. The average Bonchev–Trinajstić information content (AvgIpc) is 2.30. The molecule has 0 spiro atoms. The summed E-state index contributed by atoms with van der Waals surface area (Å²) >= 11 is 0. The third kappa shape index (κ3) is 2.52. The van der Waals surface area contributed by atoms with E-state index in [1.54, 1.807) is 36.5 Å². The van der Waals surface area contributed by atoms with Gasteiger partial charge in [-0.25, -0.2) is 4.79 Å². The quantitative estimate of drug-likeness (QED) is 0.739. The van der Waals surface area contributed by atoms with Gasteiger partial charge in [0.15, 0.2) is 0 Å². The normalized spacial score (nSPS) is 9.88. The number of aromatic nitrogens is 1. The third-order valence-corrected chi connectivity index (χ3v) is 2.26. The highest BCUT2D eigenvalue weighted by Gasteiger charge is 2.06. The molecule has 2 aromatic rings. The van der Waals surface area contributed by atoms with Crippen molar-refractivity contribution in [2.45, 2.75) is 0 Å². The monoisotopic (exact) mass is 230 g/mol. The zero-order valence-corrected chi connectivity index (χ0v) is 8.81. The number of H-pyrrole nitrogens is 1. The Morgan fingerprint density at radius 2 is 1.94 bits per heavy atom. The number of hydrogen-bond acceptors (Lipinski definition) is 2. The van der Waals surface area contributed by atoms with E-state index in [0.717, 1.165) is 5.56 Å². The Morgan fingerprint density at radius 3 is 2.59 bits per heavy atom. The highest BCUT2D eigenvalue weighted by atomic mass is 16.4. The number of benzene rings is 1. The zero-order chi connectivity index (χ0) is 12.3. The van der Waals surface area contributed by atoms with Crippen LogP contribution in [0.15, 0.2) is 47.4 Å². The van der Waals surface area contributed by atoms with Gasteiger partial charge in [-0.15, -0.1) is 0 Å². The molecule has 0 fully saturated rings. The largest absolute Gasteiger partial charge is 0.465 e. The summed E-state index contributed by atoms with van der Waals surface area (Å²) in [6, 6.07) is 10.0. The summed E-state index contributed by atoms with van der Waals surface area (Å²) in [6.45, 7) is 0. The van der Waals surface area contributed by atoms with Gasteiger partial charge in [0.25, 0.3) is 0 Å². The van der Waals surface area contributed by atoms with Gasteiger partial charge in [-0.2, -0.15) is 0 Å². The lowest BCUT2D eigenvalue weighted by molar-refractivity contribution is 0.210. The summed E-state index contributed by atoms with van der Waals surface area (Å²) in [6.07, 6.45) is 0.423. The van der Waals surface area contributed by atoms with Crippen LogP contribution in [0.1, 0.15) is 0 Å². The predicted molar refractivity (Wildman–Crippen MR) is 64.1 cm³/mol. The number of aromatic amines is 1. The highest BCUT2D eigenvalue weighted by Crippen LogP contribution is 2.26. The molecule has 0 radical (unpaired) electrons. The number of carbonyl (C=O) groups is 1. The van der Waals surface area contributed by atoms with Crippen molar-refractivity contribution in [2.24, 2.45) is 0 Å². The molecule has 0 aliphatic rings. The first-order valence-corrected chi connectivity index (χ1v) is 4.95. The topological polar surface area (TPSA) is 82.2 Å². The number of pyridine rings is 1. The van der Waals surface area contributed by atoms with Crippen molar-refractivity contribution in [3.8, 4) is 11.1 Å². The summed E-state index contributed by atoms with van der Waals surface area (Å²) in [5.41, 5.74) is 1.74. The van der Waals surface area contributed by atoms with Crippen LogP contribution in [0, 0.1) is 0 Å². The first-order valence-electron chi connectivity index (χ1n) is 4.95. The molecule has 1 heterocycles. The number of carboxylic acid groups (broad SMARTS) is 1. The summed E-state index contributed by atoms with van der Waals surface area (Å²) in [4.78, 5) is 24.1. The van der Waals surface area contributed by atoms with Gasteiger partial charge in [0.1, 0.15) is 0 Å². The van der Waals surface area contributed by atoms with Crippen LogP contribution in [0.25, 0.3) is 11.1 Å². The van der Waals surface area contributed by atoms with Gasteiger partial charge in [-0.05, 0) is 12.1 Å². The van der Waals surface area contributed by atoms with Gasteiger partial charge < -0.3 is 10.1 Å². The number of amides is 1. The van der Waals surface area contributed by atoms with Crippen LogP contribution in [0.4, 0.5) is 10.5 Å². The van der Waals surface area contributed by atoms with E-state index in [2.05, 4.69) is 10.3 Å². The average molecular weight is 230 g/mol. The Bertz CT molecular complexity index is 584. The van der Waals surface area contributed by atoms with E-state index in [1.807, 2.05) is 0 Å². The molecule has 0 unspecified atom stereocenters. The maximum absolute atomic E-state index is 11.0. The predicted octanol–water partition coefficient (Wildman–Crippen LogP) is 2.13. The van der Waals surface area contributed by atoms with Crippen molar-refractivity contribution in [2.75, 3.05) is 5.32 Å². The molecule has 1 aromatic carbocycles. The Hall–Kier alpha value is -2.56. The summed E-state index contributed by atoms with van der Waals surface area (Å²) in [7, 11) is 0. The van der Waals surface area contributed by atoms with Gasteiger partial charge in [-0.1, -0.05) is 18.2 Å². The van der Waals surface area contributed by atoms with Gasteiger partial charge in [0.2, 0.25) is 5.56 Å². The molecule has 5 heteroatoms. The van der Waals surface area contributed by atoms with E-state index >= 15 is 0 Å². The summed E-state index contributed by atoms with van der Waals surface area (Å²) in [5.74, 6) is 0. The van der Waals surface area contributed by atoms with Gasteiger partial charge >= 0.3 is 6.09 Å². The van der Waals surface area contributed by atoms with Crippen molar-refractivity contribution in [3.05, 3.63) is 52.9 Å². The fourth-order valence-electron chi connectivity index (χ4n) is 1.54. The Morgan fingerprint density at radius 1 is 1.18 bits per heavy atom. The lowest BCUT2D eigenvalue weighted by Gasteiger charge is -2.08. The fraction of sp³-hybridized carbons (Fsp3) is 0. The minimum Gasteiger partial charge on any atom is -0.465 e. The second-order valence-electron chi connectivity index (χ2n) is 3.42. The number of para-hydroxylation sites is 1. The second kappa shape index (κ2) is 4.52. The number of anilines is 1. The van der Waals surface area contributed by atoms with Crippen molar-refractivity contribution in [1.29, 1.82) is 0 Å². The second-order valence-corrected chi connectivity index (χ2v) is 3.42. The Kier molecular flexibility index (Phi) is 2.91. The van der Waals surface area contributed by atoms with E-state index in [9.17, 15) is 9.59 Å². The first kappa shape index (κ1) is 10.9. The molecule has 0 aliphatic heterocycles. The maximum atomic E-state index is 11.0. The standard InChI is InChI=1S/C12H10N2O3/c15-11-6-5-8(7-13-11)9-3-1-2-4-10(9)14-12(16)17/h1-7,14H,(H,13,15)(H,16,17). The molecule has 1 amide bonds. The van der Waals surface area contributed by atoms with Crippen molar-refractivity contribution in [3.63, 3.8) is 0 Å². The van der Waals surface area contributed by atoms with Gasteiger partial charge in [0.05, 0.1) is 5.69 Å². The molecule has 0 saturated carbocycles. The summed E-state index contributed by atoms with van der Waals surface area (Å²) < 4.78 is 0. The SMILES string of the molecule is O=C(O)Nc1ccccc1-c1ccc(=O)[nH]c1. The molecule has 0 bridgehead atoms. The van der Waals surface area contributed by atoms with Crippen LogP contribution in [-0.4, -0.2) is 16.2 Å². The first-order chi connectivity index (χ1) is 8.16. The van der Waals surface area contributed by atoms with Crippen molar-refractivity contribution < 1.29 is 9.90 Å². The Labute approximate surface area is 96.7 Å². The van der Waals surface area contributed by atoms with Gasteiger partial charge in [0, 0.05) is 23.4 Å². The highest BCUT2D eigenvalue weighted by molar-refractivity contribution is 5.90. The lowest BCUT2D eigenvalue weighted by Crippen LogP contribution is -2.08. The van der Waals surface area contributed by atoms with Crippen LogP contribution < -0.4 is 10.9 Å². The van der Waals surface area contributed by atoms with Crippen LogP contribution in [-0.2, 0) is 0 Å². The van der Waals surface area contributed by atoms with Gasteiger partial charge in [-0.3, -0.25) is 10.1 Å². The summed E-state index contributed by atoms with van der Waals surface area (Å²) in [5, 5.41) is 11.0. The number of hydrogen-bond donors (Lipinski definition) is 3. The smallest absolute Gasteiger partial charge is 0.409 e. The third-order valence-electron chi connectivity index (χ3n) is 2.26. The zero-order valence-electron chi connectivity index (χ0n) is 8.81. The molecule has 0 saturated heterocycles. The molecule has 2 rings (SSSR count). The molecule has 5 nitrogen and oxygen atoms in total. The molecule has 0 aliphatic carbocycles. The Balaban J connectivity index is 2.47. The molecular weight excluding hydrogens is 220 g/mol. The van der Waals surface area contributed by atoms with Crippen molar-refractivity contribution >= 4 is 11.8 Å². The van der Waals surface area contributed by atoms with E-state index in [4.69, 9.17) is 5.11 Å². The lowest BCUT2D eigenvalue weighted by atomic mass is 10.1. The molecule has 17 heavy (non-hydrogen) atoms. The van der Waals surface area contributed by atoms with Crippen LogP contribution >= 0.6 is 0 Å². The maximum Gasteiger partial charge on any atom is 0.409 e. The number of nitrogens with one attached hydrogen (secondary N) is 2. The van der Waals surface area contributed by atoms with Crippen LogP contribution in [0.2, 0.25) is 0 Å². The van der Waals surface area contributed by atoms with E-state index in [1.165, 1.54) is 6.07 Å². The minimum absolute atomic E-state index is 0.197. The van der Waals surface area contributed by atoms with Crippen LogP contribution in [0.3, 0.4) is 0 Å². The van der Waals surface area contributed by atoms with E-state index in [-0.39, 0.29) is 5.56 Å². The molecule has 1 aromatic heterocycles. The molecule has 0 atom stereocenters.